The van der Waals surface area contributed by atoms with E-state index >= 15 is 0 Å². The van der Waals surface area contributed by atoms with E-state index in [-0.39, 0.29) is 24.5 Å². The average molecular weight is 428 g/mol. The Labute approximate surface area is 184 Å². The smallest absolute Gasteiger partial charge is 0.224 e. The molecule has 31 heavy (non-hydrogen) atoms. The number of nitrogens with one attached hydrogen (secondary N) is 1. The van der Waals surface area contributed by atoms with Crippen molar-refractivity contribution in [2.24, 2.45) is 0 Å². The van der Waals surface area contributed by atoms with E-state index in [0.29, 0.717) is 11.3 Å². The number of hydrogen-bond acceptors (Lipinski definition) is 5. The summed E-state index contributed by atoms with van der Waals surface area (Å²) in [4.78, 5) is 33.6. The third-order valence-corrected chi connectivity index (χ3v) is 5.65. The minimum Gasteiger partial charge on any atom is -0.326 e. The van der Waals surface area contributed by atoms with Crippen molar-refractivity contribution >= 4 is 28.7 Å². The quantitative estimate of drug-likeness (QED) is 0.379. The second kappa shape index (κ2) is 9.45. The van der Waals surface area contributed by atoms with Gasteiger partial charge in [-0.15, -0.1) is 11.3 Å². The number of ketones is 1. The van der Waals surface area contributed by atoms with Crippen molar-refractivity contribution in [2.75, 3.05) is 5.32 Å². The molecule has 5 nitrogen and oxygen atoms in total. The minimum absolute atomic E-state index is 0.0339. The Bertz CT molecular complexity index is 1200. The first-order valence-electron chi connectivity index (χ1n) is 9.95. The first kappa shape index (κ1) is 20.6. The van der Waals surface area contributed by atoms with E-state index in [1.165, 1.54) is 11.3 Å². The molecule has 154 valence electrons. The maximum atomic E-state index is 12.4. The van der Waals surface area contributed by atoms with Gasteiger partial charge in [0.15, 0.2) is 5.78 Å². The van der Waals surface area contributed by atoms with E-state index in [4.69, 9.17) is 0 Å². The normalized spacial score (nSPS) is 10.6. The van der Waals surface area contributed by atoms with Crippen LogP contribution in [-0.2, 0) is 4.79 Å². The van der Waals surface area contributed by atoms with Crippen LogP contribution in [0.25, 0.3) is 22.0 Å². The number of benzene rings is 2. The summed E-state index contributed by atoms with van der Waals surface area (Å²) < 4.78 is 0. The molecule has 0 atom stereocenters. The highest BCUT2D eigenvalue weighted by molar-refractivity contribution is 7.13. The average Bonchev–Trinajstić information content (AvgIpc) is 3.29. The van der Waals surface area contributed by atoms with Gasteiger partial charge in [0.1, 0.15) is 5.01 Å². The Hall–Kier alpha value is -3.64. The van der Waals surface area contributed by atoms with E-state index in [9.17, 15) is 9.59 Å². The summed E-state index contributed by atoms with van der Waals surface area (Å²) in [5.74, 6) is -0.224. The zero-order valence-corrected chi connectivity index (χ0v) is 17.9. The van der Waals surface area contributed by atoms with Crippen molar-refractivity contribution in [3.05, 3.63) is 89.4 Å². The summed E-state index contributed by atoms with van der Waals surface area (Å²) in [5, 5.41) is 5.70. The lowest BCUT2D eigenvalue weighted by atomic mass is 10.0. The SMILES string of the molecule is Cc1ccc(C(=O)CCC(=O)Nc2cccc(-c3csc(-c4ccccn4)n3)c2)cc1. The van der Waals surface area contributed by atoms with Gasteiger partial charge in [0, 0.05) is 41.2 Å². The number of rotatable bonds is 7. The van der Waals surface area contributed by atoms with E-state index in [2.05, 4.69) is 15.3 Å². The predicted molar refractivity (Wildman–Crippen MR) is 124 cm³/mol. The van der Waals surface area contributed by atoms with Crippen LogP contribution in [0.5, 0.6) is 0 Å². The Morgan fingerprint density at radius 2 is 1.77 bits per heavy atom. The summed E-state index contributed by atoms with van der Waals surface area (Å²) >= 11 is 1.53. The lowest BCUT2D eigenvalue weighted by molar-refractivity contribution is -0.116. The Morgan fingerprint density at radius 1 is 0.935 bits per heavy atom. The Kier molecular flexibility index (Phi) is 6.29. The summed E-state index contributed by atoms with van der Waals surface area (Å²) in [5.41, 5.74) is 4.98. The summed E-state index contributed by atoms with van der Waals surface area (Å²) in [6.45, 7) is 1.97. The molecule has 4 aromatic rings. The van der Waals surface area contributed by atoms with Gasteiger partial charge in [0.05, 0.1) is 11.4 Å². The molecule has 0 saturated heterocycles. The van der Waals surface area contributed by atoms with Crippen molar-refractivity contribution in [3.8, 4) is 22.0 Å². The van der Waals surface area contributed by atoms with Gasteiger partial charge in [-0.1, -0.05) is 48.0 Å². The van der Waals surface area contributed by atoms with Crippen LogP contribution < -0.4 is 5.32 Å². The van der Waals surface area contributed by atoms with E-state index in [0.717, 1.165) is 27.5 Å². The Balaban J connectivity index is 1.38. The number of nitrogens with zero attached hydrogens (tertiary/aromatic N) is 2. The number of pyridine rings is 1. The molecule has 2 aromatic carbocycles. The lowest BCUT2D eigenvalue weighted by Crippen LogP contribution is -2.13. The van der Waals surface area contributed by atoms with Crippen LogP contribution in [0, 0.1) is 6.92 Å². The van der Waals surface area contributed by atoms with Crippen molar-refractivity contribution in [2.45, 2.75) is 19.8 Å². The molecule has 0 saturated carbocycles. The van der Waals surface area contributed by atoms with Gasteiger partial charge in [-0.3, -0.25) is 14.6 Å². The number of hydrogen-bond donors (Lipinski definition) is 1. The first-order chi connectivity index (χ1) is 15.1. The van der Waals surface area contributed by atoms with Crippen LogP contribution in [-0.4, -0.2) is 21.7 Å². The number of Topliss-reactive ketones (excluding diaryl/α,β-unsaturated/α-hetero) is 1. The maximum absolute atomic E-state index is 12.4. The fraction of sp³-hybridized carbons (Fsp3) is 0.120. The van der Waals surface area contributed by atoms with Crippen LogP contribution in [0.1, 0.15) is 28.8 Å². The molecule has 6 heteroatoms. The zero-order chi connectivity index (χ0) is 21.6. The molecule has 2 aromatic heterocycles. The molecule has 4 rings (SSSR count). The third kappa shape index (κ3) is 5.29. The van der Waals surface area contributed by atoms with Gasteiger partial charge in [-0.05, 0) is 31.2 Å². The van der Waals surface area contributed by atoms with E-state index < -0.39 is 0 Å². The summed E-state index contributed by atoms with van der Waals surface area (Å²) in [6, 6.07) is 20.7. The number of carbonyl (C=O) groups is 2. The fourth-order valence-corrected chi connectivity index (χ4v) is 3.91. The molecule has 0 aliphatic heterocycles. The number of aryl methyl sites for hydroxylation is 1. The molecule has 1 amide bonds. The van der Waals surface area contributed by atoms with E-state index in [1.807, 2.05) is 66.9 Å². The highest BCUT2D eigenvalue weighted by Crippen LogP contribution is 2.29. The summed E-state index contributed by atoms with van der Waals surface area (Å²) in [6.07, 6.45) is 2.06. The molecule has 0 bridgehead atoms. The highest BCUT2D eigenvalue weighted by atomic mass is 32.1. The maximum Gasteiger partial charge on any atom is 0.224 e. The fourth-order valence-electron chi connectivity index (χ4n) is 3.10. The third-order valence-electron chi connectivity index (χ3n) is 4.78. The Morgan fingerprint density at radius 3 is 2.55 bits per heavy atom. The van der Waals surface area contributed by atoms with Gasteiger partial charge in [0.25, 0.3) is 0 Å². The molecule has 0 radical (unpaired) electrons. The zero-order valence-electron chi connectivity index (χ0n) is 17.0. The van der Waals surface area contributed by atoms with Crippen LogP contribution in [0.2, 0.25) is 0 Å². The molecule has 0 aliphatic rings. The van der Waals surface area contributed by atoms with Crippen molar-refractivity contribution < 1.29 is 9.59 Å². The number of amides is 1. The molecule has 1 N–H and O–H groups in total. The predicted octanol–water partition coefficient (Wildman–Crippen LogP) is 5.78. The van der Waals surface area contributed by atoms with Crippen LogP contribution in [0.3, 0.4) is 0 Å². The standard InChI is InChI=1S/C25H21N3O2S/c1-17-8-10-18(11-9-17)23(29)12-13-24(30)27-20-6-4-5-19(15-20)22-16-31-25(28-22)21-7-2-3-14-26-21/h2-11,14-16H,12-13H2,1H3,(H,27,30). The molecule has 0 fully saturated rings. The van der Waals surface area contributed by atoms with Gasteiger partial charge >= 0.3 is 0 Å². The molecule has 0 unspecified atom stereocenters. The van der Waals surface area contributed by atoms with Crippen LogP contribution in [0.15, 0.2) is 78.3 Å². The number of carbonyl (C=O) groups excluding carboxylic acids is 2. The van der Waals surface area contributed by atoms with Crippen LogP contribution >= 0.6 is 11.3 Å². The summed E-state index contributed by atoms with van der Waals surface area (Å²) in [7, 11) is 0. The van der Waals surface area contributed by atoms with Crippen LogP contribution in [0.4, 0.5) is 5.69 Å². The number of aromatic nitrogens is 2. The van der Waals surface area contributed by atoms with Gasteiger partial charge in [-0.25, -0.2) is 4.98 Å². The topological polar surface area (TPSA) is 72.0 Å². The van der Waals surface area contributed by atoms with Gasteiger partial charge < -0.3 is 5.32 Å². The largest absolute Gasteiger partial charge is 0.326 e. The van der Waals surface area contributed by atoms with Gasteiger partial charge in [-0.2, -0.15) is 0 Å². The molecule has 0 spiro atoms. The molecular formula is C25H21N3O2S. The second-order valence-electron chi connectivity index (χ2n) is 7.17. The number of anilines is 1. The number of thiazole rings is 1. The van der Waals surface area contributed by atoms with Crippen molar-refractivity contribution in [1.82, 2.24) is 9.97 Å². The molecule has 0 aliphatic carbocycles. The minimum atomic E-state index is -0.190. The first-order valence-corrected chi connectivity index (χ1v) is 10.8. The second-order valence-corrected chi connectivity index (χ2v) is 8.03. The monoisotopic (exact) mass is 427 g/mol. The van der Waals surface area contributed by atoms with Gasteiger partial charge in [0.2, 0.25) is 5.91 Å². The van der Waals surface area contributed by atoms with E-state index in [1.54, 1.807) is 18.3 Å². The molecule has 2 heterocycles. The molecular weight excluding hydrogens is 406 g/mol. The lowest BCUT2D eigenvalue weighted by Gasteiger charge is -2.07. The van der Waals surface area contributed by atoms with Crippen molar-refractivity contribution in [1.29, 1.82) is 0 Å². The van der Waals surface area contributed by atoms with Crippen molar-refractivity contribution in [3.63, 3.8) is 0 Å². The highest BCUT2D eigenvalue weighted by Gasteiger charge is 2.11.